The second-order valence-electron chi connectivity index (χ2n) is 10.0. The second-order valence-corrected chi connectivity index (χ2v) is 10.0. The number of hydrogen-bond donors (Lipinski definition) is 7. The maximum absolute atomic E-state index is 13.7. The van der Waals surface area contributed by atoms with Crippen LogP contribution in [0.3, 0.4) is 0 Å². The Morgan fingerprint density at radius 3 is 1.79 bits per heavy atom. The molecule has 47 heavy (non-hydrogen) atoms. The molecule has 0 atom stereocenters. The van der Waals surface area contributed by atoms with Gasteiger partial charge in [-0.2, -0.15) is 8.78 Å². The van der Waals surface area contributed by atoms with E-state index in [0.717, 1.165) is 17.4 Å². The molecule has 0 bridgehead atoms. The number of fused-ring (bicyclic) bond motifs is 2. The first-order valence-electron chi connectivity index (χ1n) is 14.0. The number of anilines is 1. The van der Waals surface area contributed by atoms with Crippen molar-refractivity contribution < 1.29 is 41.1 Å². The quantitative estimate of drug-likeness (QED) is 0.0228. The highest BCUT2D eigenvalue weighted by Gasteiger charge is 2.29. The van der Waals surface area contributed by atoms with Gasteiger partial charge < -0.3 is 41.7 Å². The van der Waals surface area contributed by atoms with Gasteiger partial charge in [-0.25, -0.2) is 18.0 Å². The Morgan fingerprint density at radius 2 is 1.17 bits per heavy atom. The molecule has 16 heteroatoms. The predicted molar refractivity (Wildman–Crippen MR) is 165 cm³/mol. The van der Waals surface area contributed by atoms with Gasteiger partial charge in [0.1, 0.15) is 11.4 Å². The summed E-state index contributed by atoms with van der Waals surface area (Å²) in [7, 11) is 3.57. The summed E-state index contributed by atoms with van der Waals surface area (Å²) in [6.45, 7) is 2.30. The molecule has 0 saturated heterocycles. The van der Waals surface area contributed by atoms with Crippen molar-refractivity contribution in [1.82, 2.24) is 31.2 Å². The first kappa shape index (κ1) is 34.4. The lowest BCUT2D eigenvalue weighted by atomic mass is 10.1. The number of ether oxygens (including phenoxy) is 1. The average molecular weight is 660 g/mol. The number of nitrogens with two attached hydrogens (primary N) is 1. The number of likely N-dealkylation sites (N-methyl/N-ethyl adjacent to an activating group) is 2. The summed E-state index contributed by atoms with van der Waals surface area (Å²) in [5, 5.41) is 12.6. The minimum atomic E-state index is -2.36. The van der Waals surface area contributed by atoms with Crippen LogP contribution in [0.15, 0.2) is 48.5 Å². The molecule has 2 amide bonds. The minimum Gasteiger partial charge on any atom is -0.415 e. The Kier molecular flexibility index (Phi) is 11.1. The van der Waals surface area contributed by atoms with E-state index in [1.807, 2.05) is 25.2 Å². The van der Waals surface area contributed by atoms with Crippen molar-refractivity contribution in [2.75, 3.05) is 46.0 Å². The van der Waals surface area contributed by atoms with Crippen LogP contribution in [0.1, 0.15) is 31.3 Å². The standard InChI is InChI=1S/C19H14F5N3O3.C12H16N4O/c1-25-4-5-26-18(28)8-2-3-10-9(6-8)7-11(27-10)19(29)30-17-15(23)13(21)12(20)14(22)16(17)24;1-14-4-5-15-12(17)11-7-8-6-9(13)2-3-10(8)16-11/h2-3,6-7,25,27H,4-5H2,1H3,(H,26,28);2-3,6-7,14,16H,4-5,13H2,1H3,(H,15,17). The number of aromatic nitrogens is 2. The van der Waals surface area contributed by atoms with Gasteiger partial charge in [-0.1, -0.05) is 0 Å². The molecular formula is C31H30F5N7O4. The summed E-state index contributed by atoms with van der Waals surface area (Å²) in [5.74, 6) is -14.9. The third kappa shape index (κ3) is 8.03. The lowest BCUT2D eigenvalue weighted by Crippen LogP contribution is -2.30. The van der Waals surface area contributed by atoms with Gasteiger partial charge in [0, 0.05) is 59.2 Å². The van der Waals surface area contributed by atoms with Crippen LogP contribution in [-0.4, -0.2) is 68.0 Å². The smallest absolute Gasteiger partial charge is 0.360 e. The molecule has 0 aliphatic heterocycles. The van der Waals surface area contributed by atoms with E-state index in [2.05, 4.69) is 36.0 Å². The van der Waals surface area contributed by atoms with Crippen LogP contribution in [0.4, 0.5) is 27.6 Å². The van der Waals surface area contributed by atoms with Crippen LogP contribution in [0.2, 0.25) is 0 Å². The first-order chi connectivity index (χ1) is 22.4. The zero-order chi connectivity index (χ0) is 34.2. The Balaban J connectivity index is 0.000000248. The van der Waals surface area contributed by atoms with Gasteiger partial charge >= 0.3 is 5.97 Å². The fourth-order valence-electron chi connectivity index (χ4n) is 4.28. The molecule has 0 aliphatic rings. The van der Waals surface area contributed by atoms with Crippen LogP contribution in [-0.2, 0) is 0 Å². The van der Waals surface area contributed by atoms with Crippen molar-refractivity contribution in [2.45, 2.75) is 0 Å². The van der Waals surface area contributed by atoms with Crippen molar-refractivity contribution >= 4 is 45.3 Å². The summed E-state index contributed by atoms with van der Waals surface area (Å²) in [4.78, 5) is 41.7. The summed E-state index contributed by atoms with van der Waals surface area (Å²) < 4.78 is 71.4. The SMILES string of the molecule is CNCCNC(=O)c1cc2cc(N)ccc2[nH]1.CNCCNC(=O)c1ccc2[nH]c(C(=O)Oc3c(F)c(F)c(F)c(F)c3F)cc2c1. The van der Waals surface area contributed by atoms with E-state index in [1.165, 1.54) is 24.3 Å². The Hall–Kier alpha value is -5.48. The summed E-state index contributed by atoms with van der Waals surface area (Å²) in [5.41, 5.74) is 8.20. The molecule has 0 spiro atoms. The van der Waals surface area contributed by atoms with E-state index in [9.17, 15) is 36.3 Å². The number of rotatable bonds is 10. The molecule has 0 saturated carbocycles. The monoisotopic (exact) mass is 659 g/mol. The average Bonchev–Trinajstić information content (AvgIpc) is 3.69. The molecule has 11 nitrogen and oxygen atoms in total. The maximum Gasteiger partial charge on any atom is 0.360 e. The molecule has 248 valence electrons. The molecule has 5 aromatic rings. The lowest BCUT2D eigenvalue weighted by Gasteiger charge is -2.07. The number of carbonyl (C=O) groups is 3. The first-order valence-corrected chi connectivity index (χ1v) is 14.0. The van der Waals surface area contributed by atoms with Crippen LogP contribution in [0, 0.1) is 29.1 Å². The number of amides is 2. The number of carbonyl (C=O) groups excluding carboxylic acids is 3. The molecule has 0 fully saturated rings. The minimum absolute atomic E-state index is 0.102. The van der Waals surface area contributed by atoms with Crippen molar-refractivity contribution in [1.29, 1.82) is 0 Å². The molecule has 0 radical (unpaired) electrons. The molecule has 5 rings (SSSR count). The van der Waals surface area contributed by atoms with E-state index in [1.54, 1.807) is 13.1 Å². The Bertz CT molecular complexity index is 1910. The normalized spacial score (nSPS) is 10.9. The fraction of sp³-hybridized carbons (Fsp3) is 0.194. The number of aromatic amines is 2. The van der Waals surface area contributed by atoms with E-state index in [4.69, 9.17) is 5.73 Å². The third-order valence-electron chi connectivity index (χ3n) is 6.68. The largest absolute Gasteiger partial charge is 0.415 e. The van der Waals surface area contributed by atoms with Gasteiger partial charge in [-0.05, 0) is 62.6 Å². The lowest BCUT2D eigenvalue weighted by molar-refractivity contribution is 0.0710. The summed E-state index contributed by atoms with van der Waals surface area (Å²) in [6.07, 6.45) is 0. The van der Waals surface area contributed by atoms with Crippen molar-refractivity contribution in [2.24, 2.45) is 0 Å². The molecule has 0 aliphatic carbocycles. The van der Waals surface area contributed by atoms with E-state index in [-0.39, 0.29) is 23.1 Å². The van der Waals surface area contributed by atoms with Gasteiger partial charge in [-0.3, -0.25) is 9.59 Å². The zero-order valence-corrected chi connectivity index (χ0v) is 25.0. The number of benzene rings is 3. The van der Waals surface area contributed by atoms with Crippen molar-refractivity contribution in [3.63, 3.8) is 0 Å². The molecular weight excluding hydrogens is 629 g/mol. The highest BCUT2D eigenvalue weighted by molar-refractivity contribution is 6.01. The molecule has 2 heterocycles. The van der Waals surface area contributed by atoms with Crippen molar-refractivity contribution in [3.05, 3.63) is 94.6 Å². The number of nitrogen functional groups attached to an aromatic ring is 1. The summed E-state index contributed by atoms with van der Waals surface area (Å²) >= 11 is 0. The number of halogens is 5. The topological polar surface area (TPSA) is 166 Å². The molecule has 3 aromatic carbocycles. The Labute approximate surface area is 264 Å². The molecule has 0 unspecified atom stereocenters. The zero-order valence-electron chi connectivity index (χ0n) is 25.0. The molecule has 8 N–H and O–H groups in total. The van der Waals surface area contributed by atoms with Gasteiger partial charge in [0.2, 0.25) is 34.8 Å². The van der Waals surface area contributed by atoms with Gasteiger partial charge in [0.05, 0.1) is 0 Å². The highest BCUT2D eigenvalue weighted by atomic mass is 19.2. The van der Waals surface area contributed by atoms with E-state index >= 15 is 0 Å². The number of esters is 1. The predicted octanol–water partition coefficient (Wildman–Crippen LogP) is 3.73. The molecule has 2 aromatic heterocycles. The van der Waals surface area contributed by atoms with E-state index < -0.39 is 40.8 Å². The number of H-pyrrole nitrogens is 2. The van der Waals surface area contributed by atoms with Gasteiger partial charge in [0.25, 0.3) is 11.8 Å². The maximum atomic E-state index is 13.7. The van der Waals surface area contributed by atoms with Crippen LogP contribution in [0.5, 0.6) is 5.75 Å². The summed E-state index contributed by atoms with van der Waals surface area (Å²) in [6, 6.07) is 13.0. The van der Waals surface area contributed by atoms with Crippen LogP contribution >= 0.6 is 0 Å². The Morgan fingerprint density at radius 1 is 0.660 bits per heavy atom. The van der Waals surface area contributed by atoms with Crippen LogP contribution in [0.25, 0.3) is 21.8 Å². The van der Waals surface area contributed by atoms with Crippen LogP contribution < -0.4 is 31.7 Å². The highest BCUT2D eigenvalue weighted by Crippen LogP contribution is 2.30. The number of nitrogens with one attached hydrogen (secondary N) is 6. The number of hydrogen-bond acceptors (Lipinski definition) is 7. The van der Waals surface area contributed by atoms with Crippen molar-refractivity contribution in [3.8, 4) is 5.75 Å². The fourth-order valence-corrected chi connectivity index (χ4v) is 4.28. The van der Waals surface area contributed by atoms with E-state index in [0.29, 0.717) is 41.9 Å². The van der Waals surface area contributed by atoms with Gasteiger partial charge in [0.15, 0.2) is 0 Å². The third-order valence-corrected chi connectivity index (χ3v) is 6.68. The van der Waals surface area contributed by atoms with Gasteiger partial charge in [-0.15, -0.1) is 0 Å². The second kappa shape index (κ2) is 15.2.